The minimum atomic E-state index is -1.39. The van der Waals surface area contributed by atoms with Gasteiger partial charge in [0.1, 0.15) is 18.0 Å². The highest BCUT2D eigenvalue weighted by molar-refractivity contribution is 6.31. The molecular formula is C31H23Cl3FNO4. The van der Waals surface area contributed by atoms with Crippen LogP contribution in [0.5, 0.6) is 0 Å². The molecule has 4 aromatic rings. The van der Waals surface area contributed by atoms with E-state index in [-0.39, 0.29) is 6.42 Å². The Morgan fingerprint density at radius 2 is 1.45 bits per heavy atom. The van der Waals surface area contributed by atoms with Crippen molar-refractivity contribution >= 4 is 46.7 Å². The van der Waals surface area contributed by atoms with Crippen LogP contribution in [-0.2, 0) is 20.7 Å². The highest BCUT2D eigenvalue weighted by Crippen LogP contribution is 2.47. The molecule has 0 aliphatic carbocycles. The van der Waals surface area contributed by atoms with Crippen LogP contribution >= 0.6 is 34.8 Å². The molecule has 4 aromatic carbocycles. The van der Waals surface area contributed by atoms with Crippen LogP contribution in [0.1, 0.15) is 40.4 Å². The topological polar surface area (TPSA) is 66.8 Å². The third-order valence-electron chi connectivity index (χ3n) is 6.85. The van der Waals surface area contributed by atoms with Crippen molar-refractivity contribution in [1.82, 2.24) is 4.90 Å². The number of carbonyl (C=O) groups is 2. The van der Waals surface area contributed by atoms with E-state index in [1.807, 2.05) is 0 Å². The van der Waals surface area contributed by atoms with Crippen molar-refractivity contribution < 1.29 is 23.8 Å². The number of rotatable bonds is 7. The van der Waals surface area contributed by atoms with Gasteiger partial charge < -0.3 is 14.7 Å². The first-order chi connectivity index (χ1) is 19.2. The zero-order valence-electron chi connectivity index (χ0n) is 20.9. The summed E-state index contributed by atoms with van der Waals surface area (Å²) in [5.74, 6) is -2.16. The van der Waals surface area contributed by atoms with Gasteiger partial charge in [0.15, 0.2) is 6.04 Å². The molecule has 1 saturated heterocycles. The molecule has 0 radical (unpaired) electrons. The second-order valence-corrected chi connectivity index (χ2v) is 10.8. The Morgan fingerprint density at radius 3 is 2.02 bits per heavy atom. The molecule has 1 aliphatic rings. The molecule has 0 spiro atoms. The molecule has 1 fully saturated rings. The van der Waals surface area contributed by atoms with Gasteiger partial charge in [0.25, 0.3) is 5.91 Å². The fourth-order valence-electron chi connectivity index (χ4n) is 5.02. The normalized spacial score (nSPS) is 19.9. The van der Waals surface area contributed by atoms with Crippen molar-refractivity contribution in [2.45, 2.75) is 30.7 Å². The van der Waals surface area contributed by atoms with Gasteiger partial charge in [-0.1, -0.05) is 83.3 Å². The van der Waals surface area contributed by atoms with Gasteiger partial charge in [0.05, 0.1) is 6.04 Å². The summed E-state index contributed by atoms with van der Waals surface area (Å²) in [7, 11) is 0. The summed E-state index contributed by atoms with van der Waals surface area (Å²) < 4.78 is 20.1. The van der Waals surface area contributed by atoms with Crippen LogP contribution in [0.4, 0.5) is 4.39 Å². The fourth-order valence-corrected chi connectivity index (χ4v) is 5.47. The minimum Gasteiger partial charge on any atom is -0.479 e. The van der Waals surface area contributed by atoms with E-state index in [4.69, 9.17) is 39.5 Å². The molecule has 5 nitrogen and oxygen atoms in total. The fraction of sp³-hybridized carbons (Fsp3) is 0.161. The van der Waals surface area contributed by atoms with Crippen LogP contribution in [0.3, 0.4) is 0 Å². The summed E-state index contributed by atoms with van der Waals surface area (Å²) in [5.41, 5.74) is 2.33. The number of carbonyl (C=O) groups excluding carboxylic acids is 1. The van der Waals surface area contributed by atoms with Gasteiger partial charge in [0.2, 0.25) is 0 Å². The van der Waals surface area contributed by atoms with Crippen molar-refractivity contribution in [3.8, 4) is 0 Å². The molecule has 1 N–H and O–H groups in total. The van der Waals surface area contributed by atoms with Gasteiger partial charge in [-0.05, 0) is 70.8 Å². The van der Waals surface area contributed by atoms with E-state index in [0.29, 0.717) is 37.3 Å². The number of benzene rings is 4. The van der Waals surface area contributed by atoms with E-state index in [1.54, 1.807) is 78.9 Å². The number of hydrogen-bond acceptors (Lipinski definition) is 3. The van der Waals surface area contributed by atoms with Crippen molar-refractivity contribution in [2.75, 3.05) is 0 Å². The van der Waals surface area contributed by atoms with Gasteiger partial charge in [0, 0.05) is 21.5 Å². The lowest BCUT2D eigenvalue weighted by Gasteiger charge is -2.47. The number of morpholine rings is 1. The molecule has 204 valence electrons. The SMILES string of the molecule is O=C(O)[C@H](c1cccc(Cl)c1)N1C(=O)[C@@H](Cc2ccc(F)cc2)O[C@H](c2ccc(Cl)cc2)[C@@H]1c1ccc(Cl)cc1. The minimum absolute atomic E-state index is 0.106. The highest BCUT2D eigenvalue weighted by Gasteiger charge is 2.49. The second kappa shape index (κ2) is 12.0. The Balaban J connectivity index is 1.69. The van der Waals surface area contributed by atoms with Crippen LogP contribution in [0.15, 0.2) is 97.1 Å². The summed E-state index contributed by atoms with van der Waals surface area (Å²) in [5, 5.41) is 11.9. The molecule has 9 heteroatoms. The number of carboxylic acids is 1. The number of halogens is 4. The summed E-state index contributed by atoms with van der Waals surface area (Å²) in [6.07, 6.45) is -1.73. The van der Waals surface area contributed by atoms with Gasteiger partial charge >= 0.3 is 5.97 Å². The van der Waals surface area contributed by atoms with E-state index in [0.717, 1.165) is 0 Å². The molecule has 40 heavy (non-hydrogen) atoms. The average Bonchev–Trinajstić information content (AvgIpc) is 2.93. The molecule has 1 heterocycles. The lowest BCUT2D eigenvalue weighted by atomic mass is 9.88. The Hall–Kier alpha value is -3.42. The Morgan fingerprint density at radius 1 is 0.850 bits per heavy atom. The van der Waals surface area contributed by atoms with Gasteiger partial charge in [-0.3, -0.25) is 4.79 Å². The molecule has 1 amide bonds. The number of nitrogens with zero attached hydrogens (tertiary/aromatic N) is 1. The van der Waals surface area contributed by atoms with E-state index in [2.05, 4.69) is 0 Å². The van der Waals surface area contributed by atoms with Crippen LogP contribution in [0.25, 0.3) is 0 Å². The van der Waals surface area contributed by atoms with E-state index in [1.165, 1.54) is 23.1 Å². The first-order valence-corrected chi connectivity index (χ1v) is 13.6. The third-order valence-corrected chi connectivity index (χ3v) is 7.59. The molecule has 0 bridgehead atoms. The Kier molecular flexibility index (Phi) is 8.43. The Labute approximate surface area is 245 Å². The molecule has 5 rings (SSSR count). The quantitative estimate of drug-likeness (QED) is 0.235. The van der Waals surface area contributed by atoms with Crippen molar-refractivity contribution in [1.29, 1.82) is 0 Å². The molecule has 1 aliphatic heterocycles. The molecule has 4 atom stereocenters. The van der Waals surface area contributed by atoms with Gasteiger partial charge in [-0.15, -0.1) is 0 Å². The largest absolute Gasteiger partial charge is 0.479 e. The van der Waals surface area contributed by atoms with Crippen LogP contribution in [0.2, 0.25) is 15.1 Å². The number of amides is 1. The Bertz CT molecular complexity index is 1510. The smallest absolute Gasteiger partial charge is 0.331 e. The number of aliphatic carboxylic acids is 1. The number of ether oxygens (including phenoxy) is 1. The number of hydrogen-bond donors (Lipinski definition) is 1. The third kappa shape index (κ3) is 6.01. The maximum absolute atomic E-state index is 14.3. The van der Waals surface area contributed by atoms with Crippen molar-refractivity contribution in [2.24, 2.45) is 0 Å². The maximum Gasteiger partial charge on any atom is 0.331 e. The first-order valence-electron chi connectivity index (χ1n) is 12.4. The molecule has 0 unspecified atom stereocenters. The second-order valence-electron chi connectivity index (χ2n) is 9.47. The average molecular weight is 599 g/mol. The lowest BCUT2D eigenvalue weighted by Crippen LogP contribution is -2.54. The molecule has 0 aromatic heterocycles. The zero-order valence-corrected chi connectivity index (χ0v) is 23.2. The maximum atomic E-state index is 14.3. The van der Waals surface area contributed by atoms with Crippen LogP contribution in [0, 0.1) is 5.82 Å². The van der Waals surface area contributed by atoms with Gasteiger partial charge in [-0.2, -0.15) is 0 Å². The van der Waals surface area contributed by atoms with Crippen molar-refractivity contribution in [3.05, 3.63) is 140 Å². The zero-order chi connectivity index (χ0) is 28.4. The predicted molar refractivity (Wildman–Crippen MR) is 152 cm³/mol. The van der Waals surface area contributed by atoms with Crippen molar-refractivity contribution in [3.63, 3.8) is 0 Å². The highest BCUT2D eigenvalue weighted by atomic mass is 35.5. The summed E-state index contributed by atoms with van der Waals surface area (Å²) >= 11 is 18.6. The molecule has 0 saturated carbocycles. The van der Waals surface area contributed by atoms with E-state index >= 15 is 0 Å². The number of carboxylic acid groups (broad SMARTS) is 1. The summed E-state index contributed by atoms with van der Waals surface area (Å²) in [6, 6.07) is 23.8. The first kappa shape index (κ1) is 28.1. The standard InChI is InChI=1S/C31H23Cl3FNO4/c32-22-10-6-19(7-11-22)27-29(20-8-12-23(33)13-9-20)40-26(16-18-4-14-25(35)15-5-18)30(37)36(27)28(31(38)39)21-2-1-3-24(34)17-21/h1-15,17,26-29H,16H2,(H,38,39)/t26-,27+,28+,29-/m1/s1. The lowest BCUT2D eigenvalue weighted by molar-refractivity contribution is -0.184. The van der Waals surface area contributed by atoms with E-state index in [9.17, 15) is 19.1 Å². The monoisotopic (exact) mass is 597 g/mol. The molecular weight excluding hydrogens is 576 g/mol. The predicted octanol–water partition coefficient (Wildman–Crippen LogP) is 7.86. The summed E-state index contributed by atoms with van der Waals surface area (Å²) in [4.78, 5) is 28.5. The van der Waals surface area contributed by atoms with Gasteiger partial charge in [-0.25, -0.2) is 9.18 Å². The van der Waals surface area contributed by atoms with E-state index < -0.39 is 42.0 Å². The summed E-state index contributed by atoms with van der Waals surface area (Å²) in [6.45, 7) is 0. The van der Waals surface area contributed by atoms with Crippen LogP contribution < -0.4 is 0 Å². The van der Waals surface area contributed by atoms with Crippen LogP contribution in [-0.4, -0.2) is 28.0 Å².